The van der Waals surface area contributed by atoms with Crippen LogP contribution in [-0.4, -0.2) is 27.3 Å². The highest BCUT2D eigenvalue weighted by molar-refractivity contribution is 7.92. The molecule has 0 saturated carbocycles. The molecule has 31 heavy (non-hydrogen) atoms. The van der Waals surface area contributed by atoms with Crippen molar-refractivity contribution >= 4 is 38.9 Å². The molecule has 3 aromatic carbocycles. The standard InChI is InChI=1S/C23H23N3O4S/c1-16-7-13-21(14-8-16)26(3)31(29,30)22-6-4-5-18(15-22)23(28)25-20-11-9-19(10-12-20)24-17(2)27/h4-15H,1-3H3,(H,24,27)(H,25,28). The van der Waals surface area contributed by atoms with E-state index in [1.807, 2.05) is 19.1 Å². The number of nitrogens with one attached hydrogen (secondary N) is 2. The molecule has 2 N–H and O–H groups in total. The van der Waals surface area contributed by atoms with Gasteiger partial charge in [0.2, 0.25) is 5.91 Å². The maximum atomic E-state index is 13.0. The van der Waals surface area contributed by atoms with Crippen LogP contribution >= 0.6 is 0 Å². The van der Waals surface area contributed by atoms with Gasteiger partial charge in [0.15, 0.2) is 0 Å². The minimum Gasteiger partial charge on any atom is -0.326 e. The smallest absolute Gasteiger partial charge is 0.264 e. The maximum absolute atomic E-state index is 13.0. The van der Waals surface area contributed by atoms with Gasteiger partial charge in [-0.05, 0) is 61.5 Å². The average molecular weight is 438 g/mol. The van der Waals surface area contributed by atoms with Crippen molar-refractivity contribution in [2.75, 3.05) is 22.0 Å². The van der Waals surface area contributed by atoms with Crippen molar-refractivity contribution in [3.63, 3.8) is 0 Å². The van der Waals surface area contributed by atoms with Crippen molar-refractivity contribution in [3.05, 3.63) is 83.9 Å². The van der Waals surface area contributed by atoms with Crippen LogP contribution in [0.3, 0.4) is 0 Å². The van der Waals surface area contributed by atoms with Gasteiger partial charge in [0.1, 0.15) is 0 Å². The quantitative estimate of drug-likeness (QED) is 0.609. The molecule has 7 nitrogen and oxygen atoms in total. The Morgan fingerprint density at radius 2 is 1.42 bits per heavy atom. The van der Waals surface area contributed by atoms with Gasteiger partial charge in [0.05, 0.1) is 10.6 Å². The number of sulfonamides is 1. The van der Waals surface area contributed by atoms with E-state index in [9.17, 15) is 18.0 Å². The predicted molar refractivity (Wildman–Crippen MR) is 122 cm³/mol. The van der Waals surface area contributed by atoms with E-state index in [1.165, 1.54) is 36.5 Å². The summed E-state index contributed by atoms with van der Waals surface area (Å²) in [5, 5.41) is 5.37. The van der Waals surface area contributed by atoms with Gasteiger partial charge in [-0.25, -0.2) is 8.42 Å². The van der Waals surface area contributed by atoms with Crippen molar-refractivity contribution in [2.45, 2.75) is 18.7 Å². The Balaban J connectivity index is 1.79. The predicted octanol–water partition coefficient (Wildman–Crippen LogP) is 4.03. The first-order valence-corrected chi connectivity index (χ1v) is 11.0. The summed E-state index contributed by atoms with van der Waals surface area (Å²) in [6.45, 7) is 3.33. The second kappa shape index (κ2) is 9.01. The van der Waals surface area contributed by atoms with Gasteiger partial charge < -0.3 is 10.6 Å². The molecule has 0 aliphatic rings. The van der Waals surface area contributed by atoms with Crippen molar-refractivity contribution in [1.82, 2.24) is 0 Å². The maximum Gasteiger partial charge on any atom is 0.264 e. The molecule has 3 aromatic rings. The topological polar surface area (TPSA) is 95.6 Å². The van der Waals surface area contributed by atoms with Crippen LogP contribution in [0.2, 0.25) is 0 Å². The van der Waals surface area contributed by atoms with Gasteiger partial charge >= 0.3 is 0 Å². The largest absolute Gasteiger partial charge is 0.326 e. The fourth-order valence-electron chi connectivity index (χ4n) is 2.89. The van der Waals surface area contributed by atoms with E-state index in [0.29, 0.717) is 17.1 Å². The summed E-state index contributed by atoms with van der Waals surface area (Å²) in [6, 6.07) is 19.6. The highest BCUT2D eigenvalue weighted by Gasteiger charge is 2.22. The van der Waals surface area contributed by atoms with Crippen molar-refractivity contribution in [2.24, 2.45) is 0 Å². The van der Waals surface area contributed by atoms with Gasteiger partial charge in [-0.1, -0.05) is 23.8 Å². The van der Waals surface area contributed by atoms with E-state index in [2.05, 4.69) is 10.6 Å². The van der Waals surface area contributed by atoms with E-state index in [-0.39, 0.29) is 16.4 Å². The van der Waals surface area contributed by atoms with Crippen molar-refractivity contribution < 1.29 is 18.0 Å². The fraction of sp³-hybridized carbons (Fsp3) is 0.130. The Hall–Kier alpha value is -3.65. The average Bonchev–Trinajstić information content (AvgIpc) is 2.75. The number of rotatable bonds is 6. The fourth-order valence-corrected chi connectivity index (χ4v) is 4.13. The van der Waals surface area contributed by atoms with E-state index in [1.54, 1.807) is 42.5 Å². The molecule has 0 aliphatic carbocycles. The molecule has 0 fully saturated rings. The Labute approximate surface area is 181 Å². The van der Waals surface area contributed by atoms with Gasteiger partial charge in [-0.2, -0.15) is 0 Å². The third kappa shape index (κ3) is 5.29. The van der Waals surface area contributed by atoms with Crippen LogP contribution in [0.4, 0.5) is 17.1 Å². The third-order valence-corrected chi connectivity index (χ3v) is 6.40. The summed E-state index contributed by atoms with van der Waals surface area (Å²) in [5.41, 5.74) is 2.89. The second-order valence-corrected chi connectivity index (χ2v) is 9.02. The molecule has 3 rings (SSSR count). The van der Waals surface area contributed by atoms with Gasteiger partial charge in [-0.3, -0.25) is 13.9 Å². The number of hydrogen-bond donors (Lipinski definition) is 2. The van der Waals surface area contributed by atoms with Gasteiger partial charge in [0.25, 0.3) is 15.9 Å². The van der Waals surface area contributed by atoms with Crippen LogP contribution in [-0.2, 0) is 14.8 Å². The Kier molecular flexibility index (Phi) is 6.41. The SMILES string of the molecule is CC(=O)Nc1ccc(NC(=O)c2cccc(S(=O)(=O)N(C)c3ccc(C)cc3)c2)cc1. The number of carbonyl (C=O) groups excluding carboxylic acids is 2. The van der Waals surface area contributed by atoms with E-state index in [0.717, 1.165) is 5.56 Å². The van der Waals surface area contributed by atoms with Crippen LogP contribution in [0.25, 0.3) is 0 Å². The van der Waals surface area contributed by atoms with E-state index >= 15 is 0 Å². The zero-order valence-corrected chi connectivity index (χ0v) is 18.2. The van der Waals surface area contributed by atoms with Crippen molar-refractivity contribution in [1.29, 1.82) is 0 Å². The molecule has 0 radical (unpaired) electrons. The third-order valence-electron chi connectivity index (χ3n) is 4.62. The summed E-state index contributed by atoms with van der Waals surface area (Å²) in [7, 11) is -2.36. The molecule has 0 spiro atoms. The minimum atomic E-state index is -3.84. The number of carbonyl (C=O) groups is 2. The number of nitrogens with zero attached hydrogens (tertiary/aromatic N) is 1. The molecule has 0 unspecified atom stereocenters. The molecular weight excluding hydrogens is 414 g/mol. The van der Waals surface area contributed by atoms with Crippen molar-refractivity contribution in [3.8, 4) is 0 Å². The van der Waals surface area contributed by atoms with E-state index < -0.39 is 15.9 Å². The first-order chi connectivity index (χ1) is 14.7. The van der Waals surface area contributed by atoms with Crippen LogP contribution in [0, 0.1) is 6.92 Å². The molecule has 0 aromatic heterocycles. The summed E-state index contributed by atoms with van der Waals surface area (Å²) < 4.78 is 27.3. The first kappa shape index (κ1) is 22.0. The monoisotopic (exact) mass is 437 g/mol. The van der Waals surface area contributed by atoms with Crippen LogP contribution < -0.4 is 14.9 Å². The molecule has 160 valence electrons. The van der Waals surface area contributed by atoms with Gasteiger partial charge in [-0.15, -0.1) is 0 Å². The lowest BCUT2D eigenvalue weighted by molar-refractivity contribution is -0.114. The highest BCUT2D eigenvalue weighted by Crippen LogP contribution is 2.23. The highest BCUT2D eigenvalue weighted by atomic mass is 32.2. The number of hydrogen-bond acceptors (Lipinski definition) is 4. The lowest BCUT2D eigenvalue weighted by atomic mass is 10.2. The normalized spacial score (nSPS) is 10.9. The Morgan fingerprint density at radius 1 is 0.839 bits per heavy atom. The number of anilines is 3. The Morgan fingerprint density at radius 3 is 2.00 bits per heavy atom. The zero-order valence-electron chi connectivity index (χ0n) is 17.4. The minimum absolute atomic E-state index is 0.0178. The summed E-state index contributed by atoms with van der Waals surface area (Å²) in [4.78, 5) is 23.8. The molecule has 8 heteroatoms. The lowest BCUT2D eigenvalue weighted by Crippen LogP contribution is -2.26. The first-order valence-electron chi connectivity index (χ1n) is 9.51. The van der Waals surface area contributed by atoms with Crippen LogP contribution in [0.5, 0.6) is 0 Å². The number of amides is 2. The molecule has 0 atom stereocenters. The van der Waals surface area contributed by atoms with Gasteiger partial charge in [0, 0.05) is 30.9 Å². The second-order valence-electron chi connectivity index (χ2n) is 7.05. The number of aryl methyl sites for hydroxylation is 1. The molecule has 0 saturated heterocycles. The van der Waals surface area contributed by atoms with Crippen LogP contribution in [0.15, 0.2) is 77.7 Å². The summed E-state index contributed by atoms with van der Waals surface area (Å²) in [5.74, 6) is -0.632. The molecule has 0 heterocycles. The Bertz CT molecular complexity index is 1200. The summed E-state index contributed by atoms with van der Waals surface area (Å²) in [6.07, 6.45) is 0. The molecule has 2 amide bonds. The zero-order chi connectivity index (χ0) is 22.6. The molecule has 0 aliphatic heterocycles. The molecular formula is C23H23N3O4S. The summed E-state index contributed by atoms with van der Waals surface area (Å²) >= 11 is 0. The number of benzene rings is 3. The van der Waals surface area contributed by atoms with Crippen LogP contribution in [0.1, 0.15) is 22.8 Å². The molecule has 0 bridgehead atoms. The van der Waals surface area contributed by atoms with E-state index in [4.69, 9.17) is 0 Å². The lowest BCUT2D eigenvalue weighted by Gasteiger charge is -2.20.